The molecule has 0 saturated heterocycles. The Bertz CT molecular complexity index is 821. The number of pyridine rings is 2. The fourth-order valence-corrected chi connectivity index (χ4v) is 2.07. The smallest absolute Gasteiger partial charge is 0.225 e. The third kappa shape index (κ3) is 2.71. The summed E-state index contributed by atoms with van der Waals surface area (Å²) >= 11 is 0. The summed E-state index contributed by atoms with van der Waals surface area (Å²) in [5.74, 6) is 1.18. The third-order valence-corrected chi connectivity index (χ3v) is 3.20. The zero-order valence-corrected chi connectivity index (χ0v) is 12.2. The molecule has 0 bridgehead atoms. The fourth-order valence-electron chi connectivity index (χ4n) is 2.07. The van der Waals surface area contributed by atoms with Crippen LogP contribution in [0.2, 0.25) is 0 Å². The number of aromatic nitrogens is 4. The van der Waals surface area contributed by atoms with Gasteiger partial charge in [0.25, 0.3) is 0 Å². The second-order valence-corrected chi connectivity index (χ2v) is 4.77. The molecule has 0 aliphatic heterocycles. The summed E-state index contributed by atoms with van der Waals surface area (Å²) in [4.78, 5) is 16.6. The van der Waals surface area contributed by atoms with E-state index in [4.69, 9.17) is 4.74 Å². The topological polar surface area (TPSA) is 81.0 Å². The molecule has 0 aliphatic carbocycles. The number of aromatic hydroxyl groups is 1. The summed E-state index contributed by atoms with van der Waals surface area (Å²) in [5, 5.41) is 9.56. The van der Waals surface area contributed by atoms with E-state index in [0.717, 1.165) is 11.3 Å². The summed E-state index contributed by atoms with van der Waals surface area (Å²) in [5.41, 5.74) is 2.90. The van der Waals surface area contributed by atoms with Crippen LogP contribution in [0.5, 0.6) is 17.4 Å². The van der Waals surface area contributed by atoms with E-state index in [9.17, 15) is 5.11 Å². The molecular weight excluding hydrogens is 280 g/mol. The van der Waals surface area contributed by atoms with E-state index in [-0.39, 0.29) is 5.75 Å². The maximum Gasteiger partial charge on any atom is 0.225 e. The van der Waals surface area contributed by atoms with Crippen LogP contribution >= 0.6 is 0 Å². The van der Waals surface area contributed by atoms with E-state index in [1.54, 1.807) is 24.5 Å². The van der Waals surface area contributed by atoms with E-state index >= 15 is 0 Å². The van der Waals surface area contributed by atoms with Gasteiger partial charge in [0.1, 0.15) is 12.1 Å². The first kappa shape index (κ1) is 13.9. The van der Waals surface area contributed by atoms with Gasteiger partial charge < -0.3 is 9.84 Å². The lowest BCUT2D eigenvalue weighted by molar-refractivity contribution is 0.451. The Balaban J connectivity index is 2.01. The molecule has 6 heteroatoms. The lowest BCUT2D eigenvalue weighted by Gasteiger charge is -2.11. The van der Waals surface area contributed by atoms with Gasteiger partial charge in [0.2, 0.25) is 5.88 Å². The van der Waals surface area contributed by atoms with Gasteiger partial charge in [0, 0.05) is 23.5 Å². The van der Waals surface area contributed by atoms with Crippen molar-refractivity contribution in [2.75, 3.05) is 0 Å². The van der Waals surface area contributed by atoms with Crippen molar-refractivity contribution in [3.63, 3.8) is 0 Å². The maximum atomic E-state index is 9.56. The molecule has 22 heavy (non-hydrogen) atoms. The second kappa shape index (κ2) is 5.77. The Morgan fingerprint density at radius 1 is 1.09 bits per heavy atom. The molecule has 0 spiro atoms. The lowest BCUT2D eigenvalue weighted by Crippen LogP contribution is -1.98. The Labute approximate surface area is 127 Å². The summed E-state index contributed by atoms with van der Waals surface area (Å²) in [7, 11) is 0. The summed E-state index contributed by atoms with van der Waals surface area (Å²) in [6.07, 6.45) is 6.14. The van der Waals surface area contributed by atoms with Crippen LogP contribution in [-0.4, -0.2) is 25.0 Å². The van der Waals surface area contributed by atoms with Gasteiger partial charge in [-0.3, -0.25) is 9.97 Å². The third-order valence-electron chi connectivity index (χ3n) is 3.20. The monoisotopic (exact) mass is 294 g/mol. The molecule has 1 N–H and O–H groups in total. The molecule has 3 rings (SSSR count). The summed E-state index contributed by atoms with van der Waals surface area (Å²) in [6.45, 7) is 3.73. The van der Waals surface area contributed by atoms with Crippen molar-refractivity contribution in [2.45, 2.75) is 13.8 Å². The molecular formula is C16H14N4O2. The van der Waals surface area contributed by atoms with Crippen LogP contribution in [0.25, 0.3) is 11.3 Å². The lowest BCUT2D eigenvalue weighted by atomic mass is 10.1. The minimum Gasteiger partial charge on any atom is -0.506 e. The van der Waals surface area contributed by atoms with Crippen molar-refractivity contribution in [2.24, 2.45) is 0 Å². The molecule has 0 saturated carbocycles. The molecule has 0 aromatic carbocycles. The number of rotatable bonds is 3. The minimum atomic E-state index is 0.0843. The molecule has 3 aromatic rings. The van der Waals surface area contributed by atoms with E-state index in [1.807, 2.05) is 19.9 Å². The Morgan fingerprint density at radius 2 is 1.95 bits per heavy atom. The molecule has 3 heterocycles. The number of nitrogens with zero attached hydrogens (tertiary/aromatic N) is 4. The predicted molar refractivity (Wildman–Crippen MR) is 80.7 cm³/mol. The quantitative estimate of drug-likeness (QED) is 0.799. The molecule has 0 radical (unpaired) electrons. The van der Waals surface area contributed by atoms with Crippen molar-refractivity contribution in [1.82, 2.24) is 19.9 Å². The zero-order chi connectivity index (χ0) is 15.5. The molecule has 0 fully saturated rings. The Kier molecular flexibility index (Phi) is 3.65. The molecule has 0 aliphatic rings. The normalized spacial score (nSPS) is 10.5. The first-order valence-corrected chi connectivity index (χ1v) is 6.70. The van der Waals surface area contributed by atoms with Crippen LogP contribution in [0, 0.1) is 13.8 Å². The van der Waals surface area contributed by atoms with Gasteiger partial charge in [0.15, 0.2) is 5.75 Å². The summed E-state index contributed by atoms with van der Waals surface area (Å²) < 4.78 is 5.84. The highest BCUT2D eigenvalue weighted by atomic mass is 16.5. The second-order valence-electron chi connectivity index (χ2n) is 4.77. The molecule has 0 unspecified atom stereocenters. The Hall–Kier alpha value is -3.02. The van der Waals surface area contributed by atoms with Gasteiger partial charge in [-0.15, -0.1) is 0 Å². The van der Waals surface area contributed by atoms with E-state index in [1.165, 1.54) is 12.5 Å². The van der Waals surface area contributed by atoms with Gasteiger partial charge in [-0.1, -0.05) is 0 Å². The van der Waals surface area contributed by atoms with E-state index in [0.29, 0.717) is 22.9 Å². The maximum absolute atomic E-state index is 9.56. The SMILES string of the molecule is Cc1ncccc1Oc1ncnc(-c2cncc(O)c2)c1C. The van der Waals surface area contributed by atoms with Gasteiger partial charge in [0.05, 0.1) is 17.6 Å². The van der Waals surface area contributed by atoms with Crippen LogP contribution < -0.4 is 4.74 Å². The number of hydrogen-bond acceptors (Lipinski definition) is 6. The van der Waals surface area contributed by atoms with Gasteiger partial charge in [-0.05, 0) is 32.0 Å². The summed E-state index contributed by atoms with van der Waals surface area (Å²) in [6, 6.07) is 5.24. The van der Waals surface area contributed by atoms with Crippen molar-refractivity contribution >= 4 is 0 Å². The first-order chi connectivity index (χ1) is 10.6. The van der Waals surface area contributed by atoms with Crippen molar-refractivity contribution in [1.29, 1.82) is 0 Å². The Morgan fingerprint density at radius 3 is 2.73 bits per heavy atom. The van der Waals surface area contributed by atoms with Gasteiger partial charge in [-0.2, -0.15) is 0 Å². The predicted octanol–water partition coefficient (Wildman–Crippen LogP) is 3.05. The molecule has 6 nitrogen and oxygen atoms in total. The average molecular weight is 294 g/mol. The number of aryl methyl sites for hydroxylation is 1. The van der Waals surface area contributed by atoms with Crippen LogP contribution in [0.1, 0.15) is 11.3 Å². The van der Waals surface area contributed by atoms with Crippen LogP contribution in [0.4, 0.5) is 0 Å². The molecule has 110 valence electrons. The number of hydrogen-bond donors (Lipinski definition) is 1. The van der Waals surface area contributed by atoms with E-state index in [2.05, 4.69) is 19.9 Å². The minimum absolute atomic E-state index is 0.0843. The van der Waals surface area contributed by atoms with Crippen LogP contribution in [0.3, 0.4) is 0 Å². The highest BCUT2D eigenvalue weighted by Crippen LogP contribution is 2.30. The van der Waals surface area contributed by atoms with Gasteiger partial charge >= 0.3 is 0 Å². The number of ether oxygens (including phenoxy) is 1. The molecule has 3 aromatic heterocycles. The van der Waals surface area contributed by atoms with Crippen molar-refractivity contribution < 1.29 is 9.84 Å². The average Bonchev–Trinajstić information content (AvgIpc) is 2.51. The standard InChI is InChI=1S/C16H14N4O2/c1-10-15(12-6-13(21)8-17-7-12)19-9-20-16(10)22-14-4-3-5-18-11(14)2/h3-9,21H,1-2H3. The first-order valence-electron chi connectivity index (χ1n) is 6.70. The van der Waals surface area contributed by atoms with E-state index < -0.39 is 0 Å². The van der Waals surface area contributed by atoms with Crippen LogP contribution in [-0.2, 0) is 0 Å². The zero-order valence-electron chi connectivity index (χ0n) is 12.2. The highest BCUT2D eigenvalue weighted by Gasteiger charge is 2.12. The highest BCUT2D eigenvalue weighted by molar-refractivity contribution is 5.64. The van der Waals surface area contributed by atoms with Gasteiger partial charge in [-0.25, -0.2) is 9.97 Å². The fraction of sp³-hybridized carbons (Fsp3) is 0.125. The molecule has 0 atom stereocenters. The van der Waals surface area contributed by atoms with Crippen LogP contribution in [0.15, 0.2) is 43.1 Å². The largest absolute Gasteiger partial charge is 0.506 e. The van der Waals surface area contributed by atoms with Crippen molar-refractivity contribution in [3.8, 4) is 28.6 Å². The van der Waals surface area contributed by atoms with Crippen molar-refractivity contribution in [3.05, 3.63) is 54.4 Å². The molecule has 0 amide bonds.